The molecule has 0 fully saturated rings. The van der Waals surface area contributed by atoms with Gasteiger partial charge in [-0.05, 0) is 20.8 Å². The molecule has 1 heterocycles. The molecule has 1 rings (SSSR count). The van der Waals surface area contributed by atoms with Crippen LogP contribution in [0.4, 0.5) is 5.69 Å². The summed E-state index contributed by atoms with van der Waals surface area (Å²) in [6, 6.07) is 0. The zero-order chi connectivity index (χ0) is 13.2. The third-order valence-corrected chi connectivity index (χ3v) is 2.30. The number of carboxylic acids is 1. The Morgan fingerprint density at radius 1 is 1.59 bits per heavy atom. The van der Waals surface area contributed by atoms with Crippen molar-refractivity contribution in [3.05, 3.63) is 11.4 Å². The Bertz CT molecular complexity index is 453. The Morgan fingerprint density at radius 3 is 2.65 bits per heavy atom. The summed E-state index contributed by atoms with van der Waals surface area (Å²) in [5.41, 5.74) is 6.53. The molecule has 7 heteroatoms. The number of ether oxygens (including phenoxy) is 1. The minimum atomic E-state index is -1.22. The van der Waals surface area contributed by atoms with Gasteiger partial charge in [-0.15, -0.1) is 0 Å². The van der Waals surface area contributed by atoms with E-state index in [-0.39, 0.29) is 11.4 Å². The van der Waals surface area contributed by atoms with E-state index in [9.17, 15) is 9.59 Å². The molecule has 0 radical (unpaired) electrons. The van der Waals surface area contributed by atoms with Crippen LogP contribution in [0, 0.1) is 6.92 Å². The predicted octanol–water partition coefficient (Wildman–Crippen LogP) is 0.424. The fourth-order valence-electron chi connectivity index (χ4n) is 1.31. The molecular formula is C10H15N3O4. The monoisotopic (exact) mass is 241 g/mol. The van der Waals surface area contributed by atoms with Crippen LogP contribution in [0.2, 0.25) is 0 Å². The highest BCUT2D eigenvalue weighted by molar-refractivity contribution is 5.95. The summed E-state index contributed by atoms with van der Waals surface area (Å²) < 4.78 is 6.15. The molecule has 0 spiro atoms. The van der Waals surface area contributed by atoms with Gasteiger partial charge in [0.25, 0.3) is 0 Å². The molecule has 0 aliphatic heterocycles. The fraction of sp³-hybridized carbons (Fsp3) is 0.500. The molecule has 0 bridgehead atoms. The van der Waals surface area contributed by atoms with Gasteiger partial charge in [0.1, 0.15) is 0 Å². The Labute approximate surface area is 98.2 Å². The van der Waals surface area contributed by atoms with E-state index in [1.807, 2.05) is 0 Å². The molecule has 1 unspecified atom stereocenters. The maximum atomic E-state index is 11.7. The van der Waals surface area contributed by atoms with Crippen LogP contribution in [-0.2, 0) is 16.1 Å². The Morgan fingerprint density at radius 2 is 2.18 bits per heavy atom. The Kier molecular flexibility index (Phi) is 3.72. The molecular weight excluding hydrogens is 226 g/mol. The SMILES string of the molecule is CCn1nc(C)c(N)c1C(=O)OC(C)C(=O)O. The van der Waals surface area contributed by atoms with Crippen LogP contribution in [0.25, 0.3) is 0 Å². The molecule has 0 saturated heterocycles. The first-order valence-corrected chi connectivity index (χ1v) is 5.15. The maximum Gasteiger partial charge on any atom is 0.359 e. The number of anilines is 1. The lowest BCUT2D eigenvalue weighted by molar-refractivity contribution is -0.146. The van der Waals surface area contributed by atoms with Crippen LogP contribution in [-0.4, -0.2) is 32.9 Å². The van der Waals surface area contributed by atoms with Gasteiger partial charge in [0.15, 0.2) is 11.8 Å². The van der Waals surface area contributed by atoms with Gasteiger partial charge >= 0.3 is 11.9 Å². The molecule has 7 nitrogen and oxygen atoms in total. The quantitative estimate of drug-likeness (QED) is 0.740. The lowest BCUT2D eigenvalue weighted by Crippen LogP contribution is -2.25. The lowest BCUT2D eigenvalue weighted by atomic mass is 10.3. The van der Waals surface area contributed by atoms with E-state index in [0.717, 1.165) is 0 Å². The molecule has 0 amide bonds. The summed E-state index contributed by atoms with van der Waals surface area (Å²) in [6.07, 6.45) is -1.22. The van der Waals surface area contributed by atoms with Crippen molar-refractivity contribution in [2.75, 3.05) is 5.73 Å². The number of aliphatic carboxylic acids is 1. The van der Waals surface area contributed by atoms with E-state index in [4.69, 9.17) is 15.6 Å². The third-order valence-electron chi connectivity index (χ3n) is 2.30. The zero-order valence-electron chi connectivity index (χ0n) is 9.93. The summed E-state index contributed by atoms with van der Waals surface area (Å²) in [4.78, 5) is 22.3. The van der Waals surface area contributed by atoms with Gasteiger partial charge in [-0.25, -0.2) is 9.59 Å². The van der Waals surface area contributed by atoms with Gasteiger partial charge in [0, 0.05) is 6.54 Å². The molecule has 0 aliphatic rings. The number of rotatable bonds is 4. The van der Waals surface area contributed by atoms with Crippen molar-refractivity contribution >= 4 is 17.6 Å². The molecule has 17 heavy (non-hydrogen) atoms. The molecule has 3 N–H and O–H groups in total. The summed E-state index contributed by atoms with van der Waals surface area (Å²) in [5.74, 6) is -1.99. The van der Waals surface area contributed by atoms with E-state index in [0.29, 0.717) is 12.2 Å². The topological polar surface area (TPSA) is 107 Å². The minimum absolute atomic E-state index is 0.0955. The maximum absolute atomic E-state index is 11.7. The summed E-state index contributed by atoms with van der Waals surface area (Å²) in [6.45, 7) is 5.18. The summed E-state index contributed by atoms with van der Waals surface area (Å²) >= 11 is 0. The smallest absolute Gasteiger partial charge is 0.359 e. The van der Waals surface area contributed by atoms with Crippen LogP contribution < -0.4 is 5.73 Å². The van der Waals surface area contributed by atoms with E-state index in [1.165, 1.54) is 11.6 Å². The van der Waals surface area contributed by atoms with Crippen molar-refractivity contribution in [3.8, 4) is 0 Å². The van der Waals surface area contributed by atoms with Crippen LogP contribution >= 0.6 is 0 Å². The van der Waals surface area contributed by atoms with Crippen LogP contribution in [0.5, 0.6) is 0 Å². The van der Waals surface area contributed by atoms with Gasteiger partial charge in [0.2, 0.25) is 0 Å². The Hall–Kier alpha value is -2.05. The summed E-state index contributed by atoms with van der Waals surface area (Å²) in [5, 5.41) is 12.7. The number of hydrogen-bond donors (Lipinski definition) is 2. The molecule has 94 valence electrons. The van der Waals surface area contributed by atoms with Gasteiger partial charge in [-0.1, -0.05) is 0 Å². The standard InChI is InChI=1S/C10H15N3O4/c1-4-13-8(7(11)5(2)12-13)10(16)17-6(3)9(14)15/h6H,4,11H2,1-3H3,(H,14,15). The predicted molar refractivity (Wildman–Crippen MR) is 59.6 cm³/mol. The average Bonchev–Trinajstić information content (AvgIpc) is 2.54. The first-order valence-electron chi connectivity index (χ1n) is 5.15. The highest BCUT2D eigenvalue weighted by Crippen LogP contribution is 2.18. The number of nitrogens with zero attached hydrogens (tertiary/aromatic N) is 2. The minimum Gasteiger partial charge on any atom is -0.479 e. The van der Waals surface area contributed by atoms with Crippen molar-refractivity contribution in [2.45, 2.75) is 33.4 Å². The average molecular weight is 241 g/mol. The van der Waals surface area contributed by atoms with E-state index < -0.39 is 18.0 Å². The second-order valence-corrected chi connectivity index (χ2v) is 3.55. The molecule has 0 saturated carbocycles. The van der Waals surface area contributed by atoms with Crippen molar-refractivity contribution < 1.29 is 19.4 Å². The number of nitrogen functional groups attached to an aromatic ring is 1. The fourth-order valence-corrected chi connectivity index (χ4v) is 1.31. The number of nitrogens with two attached hydrogens (primary N) is 1. The van der Waals surface area contributed by atoms with Crippen molar-refractivity contribution in [1.82, 2.24) is 9.78 Å². The van der Waals surface area contributed by atoms with E-state index in [1.54, 1.807) is 13.8 Å². The number of hydrogen-bond acceptors (Lipinski definition) is 5. The number of aromatic nitrogens is 2. The molecule has 0 aromatic carbocycles. The lowest BCUT2D eigenvalue weighted by Gasteiger charge is -2.09. The number of carbonyl (C=O) groups is 2. The van der Waals surface area contributed by atoms with Gasteiger partial charge in [-0.2, -0.15) is 5.10 Å². The largest absolute Gasteiger partial charge is 0.479 e. The second kappa shape index (κ2) is 4.86. The zero-order valence-corrected chi connectivity index (χ0v) is 9.93. The Balaban J connectivity index is 3.00. The second-order valence-electron chi connectivity index (χ2n) is 3.55. The van der Waals surface area contributed by atoms with E-state index in [2.05, 4.69) is 5.10 Å². The van der Waals surface area contributed by atoms with Crippen LogP contribution in [0.15, 0.2) is 0 Å². The molecule has 1 atom stereocenters. The molecule has 1 aromatic heterocycles. The van der Waals surface area contributed by atoms with Gasteiger partial charge in [-0.3, -0.25) is 4.68 Å². The van der Waals surface area contributed by atoms with Crippen molar-refractivity contribution in [1.29, 1.82) is 0 Å². The number of carboxylic acid groups (broad SMARTS) is 1. The molecule has 0 aliphatic carbocycles. The van der Waals surface area contributed by atoms with Gasteiger partial charge < -0.3 is 15.6 Å². The highest BCUT2D eigenvalue weighted by Gasteiger charge is 2.24. The first kappa shape index (κ1) is 13.0. The van der Waals surface area contributed by atoms with Crippen molar-refractivity contribution in [2.24, 2.45) is 0 Å². The number of esters is 1. The number of carbonyl (C=O) groups excluding carboxylic acids is 1. The van der Waals surface area contributed by atoms with Crippen LogP contribution in [0.3, 0.4) is 0 Å². The summed E-state index contributed by atoms with van der Waals surface area (Å²) in [7, 11) is 0. The van der Waals surface area contributed by atoms with E-state index >= 15 is 0 Å². The first-order chi connectivity index (χ1) is 7.88. The van der Waals surface area contributed by atoms with Crippen molar-refractivity contribution in [3.63, 3.8) is 0 Å². The van der Waals surface area contributed by atoms with Crippen LogP contribution in [0.1, 0.15) is 30.0 Å². The highest BCUT2D eigenvalue weighted by atomic mass is 16.6. The third kappa shape index (κ3) is 2.55. The molecule has 1 aromatic rings. The van der Waals surface area contributed by atoms with Gasteiger partial charge in [0.05, 0.1) is 11.4 Å². The normalized spacial score (nSPS) is 12.2. The number of aryl methyl sites for hydroxylation is 2.